The molecule has 4 rings (SSSR count). The van der Waals surface area contributed by atoms with Crippen molar-refractivity contribution in [2.45, 2.75) is 20.4 Å². The minimum absolute atomic E-state index is 0.0771. The number of fused-ring (bicyclic) bond motifs is 3. The molecule has 0 saturated heterocycles. The number of hydrogen-bond acceptors (Lipinski definition) is 3. The van der Waals surface area contributed by atoms with Crippen LogP contribution in [0.1, 0.15) is 11.3 Å². The molecule has 0 radical (unpaired) electrons. The molecule has 130 valence electrons. The van der Waals surface area contributed by atoms with E-state index in [0.717, 1.165) is 16.8 Å². The highest BCUT2D eigenvalue weighted by atomic mass is 16.2. The van der Waals surface area contributed by atoms with Crippen molar-refractivity contribution in [1.82, 2.24) is 14.2 Å². The summed E-state index contributed by atoms with van der Waals surface area (Å²) in [6.07, 6.45) is 0. The number of hydrogen-bond donors (Lipinski definition) is 1. The van der Waals surface area contributed by atoms with Crippen molar-refractivity contribution < 1.29 is 4.79 Å². The van der Waals surface area contributed by atoms with E-state index in [9.17, 15) is 9.59 Å². The standard InChI is InChI=1S/C20H18N4O2/c1-13-6-5-7-15(10-13)21-18(25)12-23-19-11-14(2)22-24(19)17-9-4-3-8-16(17)20(23)26/h3-11H,12H2,1-2H3,(H,21,25). The highest BCUT2D eigenvalue weighted by Gasteiger charge is 2.15. The highest BCUT2D eigenvalue weighted by Crippen LogP contribution is 2.15. The van der Waals surface area contributed by atoms with Crippen molar-refractivity contribution in [2.75, 3.05) is 5.32 Å². The van der Waals surface area contributed by atoms with Crippen LogP contribution in [0.2, 0.25) is 0 Å². The molecule has 2 heterocycles. The van der Waals surface area contributed by atoms with Crippen LogP contribution in [0.5, 0.6) is 0 Å². The second-order valence-electron chi connectivity index (χ2n) is 6.38. The minimum Gasteiger partial charge on any atom is -0.325 e. The Morgan fingerprint density at radius 3 is 2.69 bits per heavy atom. The average Bonchev–Trinajstić information content (AvgIpc) is 3.00. The predicted molar refractivity (Wildman–Crippen MR) is 102 cm³/mol. The summed E-state index contributed by atoms with van der Waals surface area (Å²) >= 11 is 0. The summed E-state index contributed by atoms with van der Waals surface area (Å²) in [7, 11) is 0. The molecule has 0 saturated carbocycles. The van der Waals surface area contributed by atoms with Crippen LogP contribution in [0.4, 0.5) is 5.69 Å². The molecular formula is C20H18N4O2. The second kappa shape index (κ2) is 6.15. The molecule has 26 heavy (non-hydrogen) atoms. The predicted octanol–water partition coefficient (Wildman–Crippen LogP) is 2.90. The van der Waals surface area contributed by atoms with Gasteiger partial charge in [-0.25, -0.2) is 4.52 Å². The zero-order valence-electron chi connectivity index (χ0n) is 14.6. The van der Waals surface area contributed by atoms with Gasteiger partial charge in [-0.2, -0.15) is 5.10 Å². The molecule has 0 aliphatic rings. The molecule has 0 aliphatic heterocycles. The molecule has 0 atom stereocenters. The Balaban J connectivity index is 1.79. The van der Waals surface area contributed by atoms with E-state index in [1.54, 1.807) is 10.6 Å². The number of nitrogens with zero attached hydrogens (tertiary/aromatic N) is 3. The molecule has 1 amide bonds. The van der Waals surface area contributed by atoms with E-state index in [-0.39, 0.29) is 18.0 Å². The zero-order valence-corrected chi connectivity index (χ0v) is 14.6. The van der Waals surface area contributed by atoms with Crippen molar-refractivity contribution in [3.63, 3.8) is 0 Å². The number of aromatic nitrogens is 3. The van der Waals surface area contributed by atoms with Crippen LogP contribution in [-0.2, 0) is 11.3 Å². The topological polar surface area (TPSA) is 68.4 Å². The highest BCUT2D eigenvalue weighted by molar-refractivity contribution is 5.91. The van der Waals surface area contributed by atoms with E-state index in [2.05, 4.69) is 10.4 Å². The normalized spacial score (nSPS) is 11.2. The van der Waals surface area contributed by atoms with Crippen LogP contribution in [0.3, 0.4) is 0 Å². The van der Waals surface area contributed by atoms with Crippen LogP contribution in [-0.4, -0.2) is 20.1 Å². The summed E-state index contributed by atoms with van der Waals surface area (Å²) in [6, 6.07) is 16.7. The minimum atomic E-state index is -0.256. The summed E-state index contributed by atoms with van der Waals surface area (Å²) < 4.78 is 3.18. The van der Waals surface area contributed by atoms with Gasteiger partial charge in [0, 0.05) is 11.8 Å². The smallest absolute Gasteiger partial charge is 0.262 e. The lowest BCUT2D eigenvalue weighted by molar-refractivity contribution is -0.116. The van der Waals surface area contributed by atoms with Gasteiger partial charge >= 0.3 is 0 Å². The molecule has 6 nitrogen and oxygen atoms in total. The van der Waals surface area contributed by atoms with Crippen LogP contribution in [0, 0.1) is 13.8 Å². The summed E-state index contributed by atoms with van der Waals surface area (Å²) in [6.45, 7) is 3.75. The lowest BCUT2D eigenvalue weighted by Gasteiger charge is -2.11. The van der Waals surface area contributed by atoms with Crippen molar-refractivity contribution in [3.8, 4) is 0 Å². The molecule has 0 bridgehead atoms. The van der Waals surface area contributed by atoms with E-state index in [1.165, 1.54) is 4.57 Å². The van der Waals surface area contributed by atoms with Gasteiger partial charge in [0.15, 0.2) is 0 Å². The summed E-state index contributed by atoms with van der Waals surface area (Å²) in [5, 5.41) is 7.85. The van der Waals surface area contributed by atoms with Gasteiger partial charge in [-0.15, -0.1) is 0 Å². The number of nitrogens with one attached hydrogen (secondary N) is 1. The van der Waals surface area contributed by atoms with E-state index in [0.29, 0.717) is 16.7 Å². The van der Waals surface area contributed by atoms with Gasteiger partial charge < -0.3 is 5.32 Å². The summed E-state index contributed by atoms with van der Waals surface area (Å²) in [4.78, 5) is 25.5. The molecule has 1 N–H and O–H groups in total. The fraction of sp³-hybridized carbons (Fsp3) is 0.150. The van der Waals surface area contributed by atoms with Crippen LogP contribution in [0.25, 0.3) is 16.6 Å². The van der Waals surface area contributed by atoms with E-state index in [4.69, 9.17) is 0 Å². The first-order valence-electron chi connectivity index (χ1n) is 8.37. The van der Waals surface area contributed by atoms with Crippen LogP contribution < -0.4 is 10.9 Å². The molecule has 4 aromatic rings. The fourth-order valence-corrected chi connectivity index (χ4v) is 3.16. The van der Waals surface area contributed by atoms with Crippen LogP contribution >= 0.6 is 0 Å². The molecule has 6 heteroatoms. The third-order valence-electron chi connectivity index (χ3n) is 4.30. The number of para-hydroxylation sites is 1. The number of carbonyl (C=O) groups excluding carboxylic acids is 1. The summed E-state index contributed by atoms with van der Waals surface area (Å²) in [5.74, 6) is -0.256. The molecule has 0 aliphatic carbocycles. The first-order chi connectivity index (χ1) is 12.5. The molecule has 0 spiro atoms. The maximum absolute atomic E-state index is 12.9. The Labute approximate surface area is 149 Å². The quantitative estimate of drug-likeness (QED) is 0.620. The van der Waals surface area contributed by atoms with Crippen LogP contribution in [0.15, 0.2) is 59.4 Å². The molecular weight excluding hydrogens is 328 g/mol. The first-order valence-corrected chi connectivity index (χ1v) is 8.37. The van der Waals surface area contributed by atoms with E-state index in [1.807, 2.05) is 62.4 Å². The monoisotopic (exact) mass is 346 g/mol. The Kier molecular flexibility index (Phi) is 3.80. The Bertz CT molecular complexity index is 1200. The lowest BCUT2D eigenvalue weighted by Crippen LogP contribution is -2.29. The van der Waals surface area contributed by atoms with E-state index < -0.39 is 0 Å². The fourth-order valence-electron chi connectivity index (χ4n) is 3.16. The van der Waals surface area contributed by atoms with Crippen molar-refractivity contribution in [2.24, 2.45) is 0 Å². The Morgan fingerprint density at radius 1 is 1.08 bits per heavy atom. The molecule has 2 aromatic heterocycles. The third kappa shape index (κ3) is 2.75. The van der Waals surface area contributed by atoms with Gasteiger partial charge in [-0.05, 0) is 43.7 Å². The second-order valence-corrected chi connectivity index (χ2v) is 6.38. The van der Waals surface area contributed by atoms with Gasteiger partial charge in [0.25, 0.3) is 5.56 Å². The number of benzene rings is 2. The number of amides is 1. The largest absolute Gasteiger partial charge is 0.325 e. The SMILES string of the molecule is Cc1cccc(NC(=O)Cn2c(=O)c3ccccc3n3nc(C)cc23)c1. The van der Waals surface area contributed by atoms with Gasteiger partial charge in [0.2, 0.25) is 5.91 Å². The first kappa shape index (κ1) is 16.1. The maximum Gasteiger partial charge on any atom is 0.262 e. The number of anilines is 1. The summed E-state index contributed by atoms with van der Waals surface area (Å²) in [5.41, 5.74) is 3.69. The van der Waals surface area contributed by atoms with Gasteiger partial charge in [-0.1, -0.05) is 24.3 Å². The Morgan fingerprint density at radius 2 is 1.88 bits per heavy atom. The number of carbonyl (C=O) groups is 1. The molecule has 0 fully saturated rings. The Hall–Kier alpha value is -3.41. The number of rotatable bonds is 3. The van der Waals surface area contributed by atoms with Gasteiger partial charge in [0.05, 0.1) is 16.6 Å². The average molecular weight is 346 g/mol. The maximum atomic E-state index is 12.9. The van der Waals surface area contributed by atoms with Crippen molar-refractivity contribution in [1.29, 1.82) is 0 Å². The third-order valence-corrected chi connectivity index (χ3v) is 4.30. The van der Waals surface area contributed by atoms with Gasteiger partial charge in [0.1, 0.15) is 12.2 Å². The zero-order chi connectivity index (χ0) is 18.3. The van der Waals surface area contributed by atoms with Gasteiger partial charge in [-0.3, -0.25) is 14.2 Å². The lowest BCUT2D eigenvalue weighted by atomic mass is 10.2. The van der Waals surface area contributed by atoms with Crippen molar-refractivity contribution >= 4 is 28.1 Å². The number of aryl methyl sites for hydroxylation is 2. The molecule has 0 unspecified atom stereocenters. The molecule has 2 aromatic carbocycles. The van der Waals surface area contributed by atoms with E-state index >= 15 is 0 Å². The van der Waals surface area contributed by atoms with Crippen molar-refractivity contribution in [3.05, 3.63) is 76.2 Å².